The summed E-state index contributed by atoms with van der Waals surface area (Å²) in [5.41, 5.74) is -0.0877. The Balaban J connectivity index is 1.84. The van der Waals surface area contributed by atoms with Crippen molar-refractivity contribution in [2.45, 2.75) is 26.2 Å². The molecule has 0 radical (unpaired) electrons. The first kappa shape index (κ1) is 13.9. The van der Waals surface area contributed by atoms with Gasteiger partial charge >= 0.3 is 5.97 Å². The maximum Gasteiger partial charge on any atom is 0.356 e. The van der Waals surface area contributed by atoms with E-state index < -0.39 is 5.97 Å². The lowest BCUT2D eigenvalue weighted by atomic mass is 10.2. The summed E-state index contributed by atoms with van der Waals surface area (Å²) < 4.78 is 5.09. The standard InChI is InChI=1S/C12H15N5O3/c1-7(2)11-16-9(17-20-11)3-4-13-10-6-14-8(5-15-10)12(18)19/h5-7H,3-4H2,1-2H3,(H,13,15)(H,18,19). The number of hydrogen-bond acceptors (Lipinski definition) is 7. The van der Waals surface area contributed by atoms with Gasteiger partial charge in [0.2, 0.25) is 5.89 Å². The van der Waals surface area contributed by atoms with Crippen molar-refractivity contribution in [2.75, 3.05) is 11.9 Å². The van der Waals surface area contributed by atoms with Crippen LogP contribution in [-0.4, -0.2) is 37.7 Å². The summed E-state index contributed by atoms with van der Waals surface area (Å²) in [5.74, 6) is 0.847. The van der Waals surface area contributed by atoms with Crippen LogP contribution >= 0.6 is 0 Å². The molecule has 0 spiro atoms. The molecule has 0 amide bonds. The van der Waals surface area contributed by atoms with Crippen molar-refractivity contribution in [1.29, 1.82) is 0 Å². The maximum atomic E-state index is 10.6. The third-order valence-electron chi connectivity index (χ3n) is 2.50. The van der Waals surface area contributed by atoms with Gasteiger partial charge in [-0.15, -0.1) is 0 Å². The molecule has 2 aromatic heterocycles. The van der Waals surface area contributed by atoms with Crippen LogP contribution in [-0.2, 0) is 6.42 Å². The minimum Gasteiger partial charge on any atom is -0.476 e. The van der Waals surface area contributed by atoms with Crippen molar-refractivity contribution in [3.05, 3.63) is 29.8 Å². The molecule has 0 bridgehead atoms. The van der Waals surface area contributed by atoms with Crippen LogP contribution in [0.3, 0.4) is 0 Å². The van der Waals surface area contributed by atoms with Gasteiger partial charge in [0.25, 0.3) is 0 Å². The number of aromatic nitrogens is 4. The summed E-state index contributed by atoms with van der Waals surface area (Å²) in [6, 6.07) is 0. The molecule has 8 heteroatoms. The maximum absolute atomic E-state index is 10.6. The molecule has 8 nitrogen and oxygen atoms in total. The zero-order chi connectivity index (χ0) is 14.5. The summed E-state index contributed by atoms with van der Waals surface area (Å²) in [4.78, 5) is 22.6. The van der Waals surface area contributed by atoms with Crippen LogP contribution in [0.5, 0.6) is 0 Å². The van der Waals surface area contributed by atoms with E-state index in [1.54, 1.807) is 0 Å². The van der Waals surface area contributed by atoms with E-state index in [1.807, 2.05) is 13.8 Å². The Morgan fingerprint density at radius 1 is 1.40 bits per heavy atom. The van der Waals surface area contributed by atoms with Gasteiger partial charge in [-0.25, -0.2) is 14.8 Å². The fraction of sp³-hybridized carbons (Fsp3) is 0.417. The van der Waals surface area contributed by atoms with Crippen molar-refractivity contribution in [2.24, 2.45) is 0 Å². The third kappa shape index (κ3) is 3.50. The van der Waals surface area contributed by atoms with E-state index in [-0.39, 0.29) is 11.6 Å². The van der Waals surface area contributed by atoms with Crippen molar-refractivity contribution >= 4 is 11.8 Å². The van der Waals surface area contributed by atoms with Gasteiger partial charge in [0.15, 0.2) is 11.5 Å². The van der Waals surface area contributed by atoms with Crippen LogP contribution in [0.25, 0.3) is 0 Å². The largest absolute Gasteiger partial charge is 0.476 e. The van der Waals surface area contributed by atoms with Gasteiger partial charge in [0, 0.05) is 18.9 Å². The Morgan fingerprint density at radius 3 is 2.75 bits per heavy atom. The first-order valence-electron chi connectivity index (χ1n) is 6.18. The van der Waals surface area contributed by atoms with Crippen LogP contribution in [0.2, 0.25) is 0 Å². The summed E-state index contributed by atoms with van der Waals surface area (Å²) in [7, 11) is 0. The highest BCUT2D eigenvalue weighted by Crippen LogP contribution is 2.11. The van der Waals surface area contributed by atoms with Gasteiger partial charge in [-0.05, 0) is 0 Å². The topological polar surface area (TPSA) is 114 Å². The molecule has 2 aromatic rings. The highest BCUT2D eigenvalue weighted by Gasteiger charge is 2.09. The molecule has 0 saturated heterocycles. The third-order valence-corrected chi connectivity index (χ3v) is 2.50. The van der Waals surface area contributed by atoms with Crippen LogP contribution in [0, 0.1) is 0 Å². The lowest BCUT2D eigenvalue weighted by Gasteiger charge is -2.02. The van der Waals surface area contributed by atoms with E-state index in [4.69, 9.17) is 9.63 Å². The predicted octanol–water partition coefficient (Wildman–Crippen LogP) is 1.34. The Hall–Kier alpha value is -2.51. The summed E-state index contributed by atoms with van der Waals surface area (Å²) in [6.07, 6.45) is 3.16. The normalized spacial score (nSPS) is 10.8. The second kappa shape index (κ2) is 6.09. The molecule has 2 N–H and O–H groups in total. The number of nitrogens with one attached hydrogen (secondary N) is 1. The van der Waals surface area contributed by atoms with Crippen LogP contribution < -0.4 is 5.32 Å². The molecule has 0 aliphatic heterocycles. The minimum absolute atomic E-state index is 0.0877. The second-order valence-electron chi connectivity index (χ2n) is 4.47. The van der Waals surface area contributed by atoms with E-state index in [1.165, 1.54) is 12.4 Å². The Bertz CT molecular complexity index is 579. The van der Waals surface area contributed by atoms with Gasteiger partial charge in [-0.2, -0.15) is 4.98 Å². The van der Waals surface area contributed by atoms with Gasteiger partial charge in [0.1, 0.15) is 5.82 Å². The lowest BCUT2D eigenvalue weighted by Crippen LogP contribution is -2.09. The number of anilines is 1. The first-order chi connectivity index (χ1) is 9.56. The number of rotatable bonds is 6. The molecule has 2 rings (SSSR count). The van der Waals surface area contributed by atoms with E-state index in [0.717, 1.165) is 0 Å². The highest BCUT2D eigenvalue weighted by molar-refractivity contribution is 5.84. The molecule has 0 unspecified atom stereocenters. The van der Waals surface area contributed by atoms with Crippen molar-refractivity contribution in [1.82, 2.24) is 20.1 Å². The number of aromatic carboxylic acids is 1. The molecule has 0 saturated carbocycles. The zero-order valence-corrected chi connectivity index (χ0v) is 11.2. The molecule has 20 heavy (non-hydrogen) atoms. The van der Waals surface area contributed by atoms with E-state index in [2.05, 4.69) is 25.4 Å². The number of carbonyl (C=O) groups is 1. The monoisotopic (exact) mass is 277 g/mol. The van der Waals surface area contributed by atoms with Gasteiger partial charge in [-0.3, -0.25) is 0 Å². The molecular formula is C12H15N5O3. The predicted molar refractivity (Wildman–Crippen MR) is 69.6 cm³/mol. The smallest absolute Gasteiger partial charge is 0.356 e. The van der Waals surface area contributed by atoms with E-state index >= 15 is 0 Å². The number of carboxylic acid groups (broad SMARTS) is 1. The fourth-order valence-electron chi connectivity index (χ4n) is 1.44. The van der Waals surface area contributed by atoms with Crippen molar-refractivity contribution in [3.63, 3.8) is 0 Å². The average Bonchev–Trinajstić information content (AvgIpc) is 2.88. The minimum atomic E-state index is -1.10. The van der Waals surface area contributed by atoms with Gasteiger partial charge in [-0.1, -0.05) is 19.0 Å². The quantitative estimate of drug-likeness (QED) is 0.812. The van der Waals surface area contributed by atoms with Crippen LogP contribution in [0.1, 0.15) is 42.0 Å². The Kier molecular flexibility index (Phi) is 4.24. The molecular weight excluding hydrogens is 262 g/mol. The van der Waals surface area contributed by atoms with Crippen molar-refractivity contribution < 1.29 is 14.4 Å². The molecule has 0 aliphatic carbocycles. The molecule has 0 fully saturated rings. The molecule has 0 aromatic carbocycles. The fourth-order valence-corrected chi connectivity index (χ4v) is 1.44. The zero-order valence-electron chi connectivity index (χ0n) is 11.2. The van der Waals surface area contributed by atoms with Crippen molar-refractivity contribution in [3.8, 4) is 0 Å². The highest BCUT2D eigenvalue weighted by atomic mass is 16.5. The van der Waals surface area contributed by atoms with Crippen LogP contribution in [0.4, 0.5) is 5.82 Å². The lowest BCUT2D eigenvalue weighted by molar-refractivity contribution is 0.0690. The Morgan fingerprint density at radius 2 is 2.20 bits per heavy atom. The van der Waals surface area contributed by atoms with E-state index in [9.17, 15) is 4.79 Å². The summed E-state index contributed by atoms with van der Waals surface area (Å²) >= 11 is 0. The average molecular weight is 277 g/mol. The number of nitrogens with zero attached hydrogens (tertiary/aromatic N) is 4. The number of carboxylic acids is 1. The van der Waals surface area contributed by atoms with E-state index in [0.29, 0.717) is 30.5 Å². The van der Waals surface area contributed by atoms with Crippen LogP contribution in [0.15, 0.2) is 16.9 Å². The summed E-state index contributed by atoms with van der Waals surface area (Å²) in [5, 5.41) is 15.6. The first-order valence-corrected chi connectivity index (χ1v) is 6.18. The second-order valence-corrected chi connectivity index (χ2v) is 4.47. The summed E-state index contributed by atoms with van der Waals surface area (Å²) in [6.45, 7) is 4.52. The molecule has 0 aliphatic rings. The van der Waals surface area contributed by atoms with Gasteiger partial charge < -0.3 is 14.9 Å². The molecule has 0 atom stereocenters. The molecule has 106 valence electrons. The Labute approximate surface area is 115 Å². The van der Waals surface area contributed by atoms with Gasteiger partial charge in [0.05, 0.1) is 12.4 Å². The SMILES string of the molecule is CC(C)c1nc(CCNc2cnc(C(=O)O)cn2)no1. The molecule has 2 heterocycles. The number of hydrogen-bond donors (Lipinski definition) is 2.